The summed E-state index contributed by atoms with van der Waals surface area (Å²) < 4.78 is 5.39. The van der Waals surface area contributed by atoms with E-state index in [0.29, 0.717) is 5.76 Å². The standard InChI is InChI=1S/C12H11NO/c1-3-9-4-5-11-10(6-9)8(2)12(7-13)14-11/h4-6H,3H2,1-2H3. The van der Waals surface area contributed by atoms with E-state index in [0.717, 1.165) is 23.0 Å². The van der Waals surface area contributed by atoms with E-state index in [4.69, 9.17) is 9.68 Å². The Morgan fingerprint density at radius 2 is 2.21 bits per heavy atom. The number of furan rings is 1. The van der Waals surface area contributed by atoms with Gasteiger partial charge in [-0.3, -0.25) is 0 Å². The van der Waals surface area contributed by atoms with Crippen LogP contribution in [0.15, 0.2) is 22.6 Å². The van der Waals surface area contributed by atoms with Crippen LogP contribution < -0.4 is 0 Å². The van der Waals surface area contributed by atoms with Crippen LogP contribution in [0.5, 0.6) is 0 Å². The zero-order valence-corrected chi connectivity index (χ0v) is 8.29. The molecule has 14 heavy (non-hydrogen) atoms. The molecule has 2 rings (SSSR count). The lowest BCUT2D eigenvalue weighted by Gasteiger charge is -1.95. The monoisotopic (exact) mass is 185 g/mol. The molecule has 1 aromatic carbocycles. The molecule has 0 saturated carbocycles. The maximum atomic E-state index is 8.80. The van der Waals surface area contributed by atoms with Crippen molar-refractivity contribution >= 4 is 11.0 Å². The minimum absolute atomic E-state index is 0.424. The third-order valence-electron chi connectivity index (χ3n) is 2.51. The van der Waals surface area contributed by atoms with Crippen molar-refractivity contribution in [1.82, 2.24) is 0 Å². The lowest BCUT2D eigenvalue weighted by molar-refractivity contribution is 0.596. The van der Waals surface area contributed by atoms with Crippen molar-refractivity contribution in [3.8, 4) is 6.07 Å². The summed E-state index contributed by atoms with van der Waals surface area (Å²) in [6.45, 7) is 4.03. The van der Waals surface area contributed by atoms with E-state index >= 15 is 0 Å². The van der Waals surface area contributed by atoms with E-state index in [1.807, 2.05) is 19.1 Å². The minimum Gasteiger partial charge on any atom is -0.445 e. The normalized spacial score (nSPS) is 10.4. The van der Waals surface area contributed by atoms with Crippen molar-refractivity contribution in [2.75, 3.05) is 0 Å². The van der Waals surface area contributed by atoms with Crippen LogP contribution in [-0.2, 0) is 6.42 Å². The summed E-state index contributed by atoms with van der Waals surface area (Å²) in [4.78, 5) is 0. The van der Waals surface area contributed by atoms with Crippen molar-refractivity contribution in [2.45, 2.75) is 20.3 Å². The topological polar surface area (TPSA) is 36.9 Å². The molecule has 0 saturated heterocycles. The number of aryl methyl sites for hydroxylation is 2. The fourth-order valence-electron chi connectivity index (χ4n) is 1.59. The summed E-state index contributed by atoms with van der Waals surface area (Å²) in [6, 6.07) is 8.11. The fraction of sp³-hybridized carbons (Fsp3) is 0.250. The second-order valence-electron chi connectivity index (χ2n) is 3.35. The zero-order chi connectivity index (χ0) is 10.1. The fourth-order valence-corrected chi connectivity index (χ4v) is 1.59. The molecule has 0 aliphatic heterocycles. The van der Waals surface area contributed by atoms with Crippen LogP contribution in [0, 0.1) is 18.3 Å². The van der Waals surface area contributed by atoms with Gasteiger partial charge in [-0.2, -0.15) is 5.26 Å². The molecule has 1 heterocycles. The second kappa shape index (κ2) is 3.19. The molecule has 70 valence electrons. The van der Waals surface area contributed by atoms with Crippen molar-refractivity contribution in [3.05, 3.63) is 35.1 Å². The smallest absolute Gasteiger partial charge is 0.207 e. The average Bonchev–Trinajstić information content (AvgIpc) is 2.55. The number of nitrogens with zero attached hydrogens (tertiary/aromatic N) is 1. The van der Waals surface area contributed by atoms with Crippen molar-refractivity contribution in [1.29, 1.82) is 5.26 Å². The van der Waals surface area contributed by atoms with Gasteiger partial charge in [0.1, 0.15) is 11.7 Å². The molecule has 0 radical (unpaired) electrons. The highest BCUT2D eigenvalue weighted by molar-refractivity contribution is 5.83. The third-order valence-corrected chi connectivity index (χ3v) is 2.51. The molecular weight excluding hydrogens is 174 g/mol. The number of hydrogen-bond acceptors (Lipinski definition) is 2. The largest absolute Gasteiger partial charge is 0.445 e. The minimum atomic E-state index is 0.424. The lowest BCUT2D eigenvalue weighted by atomic mass is 10.1. The summed E-state index contributed by atoms with van der Waals surface area (Å²) in [5.41, 5.74) is 3.01. The maximum Gasteiger partial charge on any atom is 0.207 e. The quantitative estimate of drug-likeness (QED) is 0.684. The van der Waals surface area contributed by atoms with Gasteiger partial charge in [-0.25, -0.2) is 0 Å². The second-order valence-corrected chi connectivity index (χ2v) is 3.35. The van der Waals surface area contributed by atoms with Crippen LogP contribution in [0.25, 0.3) is 11.0 Å². The Labute approximate surface area is 82.8 Å². The van der Waals surface area contributed by atoms with E-state index in [1.54, 1.807) is 0 Å². The van der Waals surface area contributed by atoms with E-state index in [9.17, 15) is 0 Å². The highest BCUT2D eigenvalue weighted by atomic mass is 16.3. The number of benzene rings is 1. The molecule has 0 unspecified atom stereocenters. The summed E-state index contributed by atoms with van der Waals surface area (Å²) >= 11 is 0. The highest BCUT2D eigenvalue weighted by Gasteiger charge is 2.09. The van der Waals surface area contributed by atoms with Crippen LogP contribution in [0.3, 0.4) is 0 Å². The van der Waals surface area contributed by atoms with E-state index in [1.165, 1.54) is 5.56 Å². The number of nitriles is 1. The molecule has 2 heteroatoms. The molecule has 0 amide bonds. The average molecular weight is 185 g/mol. The van der Waals surface area contributed by atoms with Gasteiger partial charge in [-0.1, -0.05) is 13.0 Å². The first-order valence-corrected chi connectivity index (χ1v) is 4.68. The van der Waals surface area contributed by atoms with Gasteiger partial charge in [0.25, 0.3) is 0 Å². The SMILES string of the molecule is CCc1ccc2oc(C#N)c(C)c2c1. The number of hydrogen-bond donors (Lipinski definition) is 0. The van der Waals surface area contributed by atoms with Gasteiger partial charge < -0.3 is 4.42 Å². The van der Waals surface area contributed by atoms with E-state index in [2.05, 4.69) is 19.1 Å². The van der Waals surface area contributed by atoms with Crippen LogP contribution in [-0.4, -0.2) is 0 Å². The molecule has 0 aliphatic carbocycles. The van der Waals surface area contributed by atoms with Gasteiger partial charge >= 0.3 is 0 Å². The van der Waals surface area contributed by atoms with Crippen molar-refractivity contribution in [3.63, 3.8) is 0 Å². The van der Waals surface area contributed by atoms with Gasteiger partial charge in [0, 0.05) is 10.9 Å². The first-order valence-electron chi connectivity index (χ1n) is 4.68. The summed E-state index contributed by atoms with van der Waals surface area (Å²) in [5.74, 6) is 0.424. The van der Waals surface area contributed by atoms with Crippen LogP contribution in [0.2, 0.25) is 0 Å². The molecule has 0 atom stereocenters. The number of rotatable bonds is 1. The molecular formula is C12H11NO. The lowest BCUT2D eigenvalue weighted by Crippen LogP contribution is -1.78. The van der Waals surface area contributed by atoms with Crippen molar-refractivity contribution in [2.24, 2.45) is 0 Å². The van der Waals surface area contributed by atoms with Crippen LogP contribution in [0.1, 0.15) is 23.8 Å². The highest BCUT2D eigenvalue weighted by Crippen LogP contribution is 2.25. The van der Waals surface area contributed by atoms with Crippen LogP contribution >= 0.6 is 0 Å². The Kier molecular flexibility index (Phi) is 2.01. The molecule has 0 N–H and O–H groups in total. The molecule has 1 aromatic heterocycles. The van der Waals surface area contributed by atoms with E-state index in [-0.39, 0.29) is 0 Å². The molecule has 0 aliphatic rings. The first-order chi connectivity index (χ1) is 6.76. The van der Waals surface area contributed by atoms with Gasteiger partial charge in [0.05, 0.1) is 0 Å². The van der Waals surface area contributed by atoms with Gasteiger partial charge in [-0.15, -0.1) is 0 Å². The number of fused-ring (bicyclic) bond motifs is 1. The van der Waals surface area contributed by atoms with Gasteiger partial charge in [0.15, 0.2) is 0 Å². The van der Waals surface area contributed by atoms with Crippen molar-refractivity contribution < 1.29 is 4.42 Å². The predicted octanol–water partition coefficient (Wildman–Crippen LogP) is 3.18. The molecule has 0 fully saturated rings. The third kappa shape index (κ3) is 1.18. The Balaban J connectivity index is 2.76. The molecule has 2 nitrogen and oxygen atoms in total. The van der Waals surface area contributed by atoms with Gasteiger partial charge in [-0.05, 0) is 31.0 Å². The Bertz CT molecular complexity index is 517. The summed E-state index contributed by atoms with van der Waals surface area (Å²) in [5, 5.41) is 9.86. The Morgan fingerprint density at radius 1 is 1.43 bits per heavy atom. The Hall–Kier alpha value is -1.75. The molecule has 2 aromatic rings. The first kappa shape index (κ1) is 8.83. The van der Waals surface area contributed by atoms with Crippen LogP contribution in [0.4, 0.5) is 0 Å². The summed E-state index contributed by atoms with van der Waals surface area (Å²) in [6.07, 6.45) is 1.00. The zero-order valence-electron chi connectivity index (χ0n) is 8.29. The molecule has 0 bridgehead atoms. The summed E-state index contributed by atoms with van der Waals surface area (Å²) in [7, 11) is 0. The van der Waals surface area contributed by atoms with E-state index < -0.39 is 0 Å². The maximum absolute atomic E-state index is 8.80. The Morgan fingerprint density at radius 3 is 2.86 bits per heavy atom. The van der Waals surface area contributed by atoms with Gasteiger partial charge in [0.2, 0.25) is 5.76 Å². The predicted molar refractivity (Wildman–Crippen MR) is 55.0 cm³/mol. The molecule has 0 spiro atoms.